The van der Waals surface area contributed by atoms with Gasteiger partial charge in [-0.25, -0.2) is 19.0 Å². The Labute approximate surface area is 176 Å². The van der Waals surface area contributed by atoms with Crippen LogP contribution in [0.5, 0.6) is 5.75 Å². The molecule has 30 heavy (non-hydrogen) atoms. The van der Waals surface area contributed by atoms with E-state index in [0.29, 0.717) is 5.56 Å². The van der Waals surface area contributed by atoms with E-state index >= 15 is 0 Å². The zero-order chi connectivity index (χ0) is 22.0. The average molecular weight is 484 g/mol. The van der Waals surface area contributed by atoms with E-state index in [0.717, 1.165) is 13.2 Å². The second-order valence-corrected chi connectivity index (χ2v) is 6.56. The molecule has 3 rings (SSSR count). The van der Waals surface area contributed by atoms with Gasteiger partial charge in [-0.15, -0.1) is 0 Å². The Bertz CT molecular complexity index is 1210. The van der Waals surface area contributed by atoms with E-state index in [2.05, 4.69) is 45.8 Å². The van der Waals surface area contributed by atoms with Crippen LogP contribution in [0.1, 0.15) is 15.9 Å². The van der Waals surface area contributed by atoms with Gasteiger partial charge >= 0.3 is 12.1 Å². The number of nitrogens with zero attached hydrogens (tertiary/aromatic N) is 3. The lowest BCUT2D eigenvalue weighted by molar-refractivity contribution is 0.0595. The first-order valence-electron chi connectivity index (χ1n) is 8.25. The monoisotopic (exact) mass is 483 g/mol. The lowest BCUT2D eigenvalue weighted by Gasteiger charge is -2.12. The van der Waals surface area contributed by atoms with Crippen molar-refractivity contribution in [1.29, 1.82) is 0 Å². The zero-order valence-electron chi connectivity index (χ0n) is 15.9. The number of esters is 1. The summed E-state index contributed by atoms with van der Waals surface area (Å²) in [6, 6.07) is 2.30. The van der Waals surface area contributed by atoms with Gasteiger partial charge in [-0.2, -0.15) is 5.10 Å². The minimum absolute atomic E-state index is 0.0515. The van der Waals surface area contributed by atoms with Gasteiger partial charge in [0.2, 0.25) is 5.95 Å². The van der Waals surface area contributed by atoms with E-state index in [1.165, 1.54) is 25.0 Å². The Morgan fingerprint density at radius 3 is 2.63 bits per heavy atom. The third-order valence-electron chi connectivity index (χ3n) is 4.06. The number of methoxy groups -OCH3 is 3. The van der Waals surface area contributed by atoms with Crippen LogP contribution in [0.25, 0.3) is 11.0 Å². The smallest absolute Gasteiger partial charge is 0.413 e. The molecule has 1 amide bonds. The normalized spacial score (nSPS) is 10.7. The molecule has 0 spiro atoms. The highest BCUT2D eigenvalue weighted by molar-refractivity contribution is 9.10. The molecule has 0 aliphatic heterocycles. The largest absolute Gasteiger partial charge is 0.496 e. The van der Waals surface area contributed by atoms with Crippen molar-refractivity contribution in [3.05, 3.63) is 44.0 Å². The van der Waals surface area contributed by atoms with Crippen molar-refractivity contribution in [1.82, 2.24) is 19.7 Å². The highest BCUT2D eigenvalue weighted by atomic mass is 79.9. The lowest BCUT2D eigenvalue weighted by Crippen LogP contribution is -2.19. The highest BCUT2D eigenvalue weighted by Gasteiger charge is 2.21. The Hall–Kier alpha value is -3.48. The number of rotatable bonds is 5. The number of carbonyl (C=O) groups is 2. The number of nitrogens with one attached hydrogen (secondary N) is 2. The number of carbonyl (C=O) groups excluding carboxylic acids is 2. The van der Waals surface area contributed by atoms with Crippen molar-refractivity contribution in [2.45, 2.75) is 6.54 Å². The van der Waals surface area contributed by atoms with E-state index in [1.54, 1.807) is 0 Å². The predicted molar refractivity (Wildman–Crippen MR) is 105 cm³/mol. The molecule has 0 aliphatic carbocycles. The van der Waals surface area contributed by atoms with E-state index < -0.39 is 23.4 Å². The molecule has 0 aliphatic rings. The fourth-order valence-electron chi connectivity index (χ4n) is 2.72. The first-order chi connectivity index (χ1) is 14.3. The number of aromatic nitrogens is 4. The molecular weight excluding hydrogens is 469 g/mol. The third kappa shape index (κ3) is 3.96. The summed E-state index contributed by atoms with van der Waals surface area (Å²) in [5.41, 5.74) is -0.283. The summed E-state index contributed by atoms with van der Waals surface area (Å²) in [7, 11) is 3.64. The summed E-state index contributed by atoms with van der Waals surface area (Å²) < 4.78 is 29.9. The summed E-state index contributed by atoms with van der Waals surface area (Å²) in [5, 5.41) is 6.48. The predicted octanol–water partition coefficient (Wildman–Crippen LogP) is 2.04. The molecule has 0 bridgehead atoms. The SMILES string of the molecule is COC(=O)Nc1nc2c(Br)nn(Cc3cc(C(=O)OC)c(F)cc3OC)c2c(=O)[nH]1. The Kier molecular flexibility index (Phi) is 6.01. The maximum absolute atomic E-state index is 14.2. The van der Waals surface area contributed by atoms with E-state index in [-0.39, 0.29) is 39.4 Å². The number of fused-ring (bicyclic) bond motifs is 1. The van der Waals surface area contributed by atoms with Crippen molar-refractivity contribution in [2.24, 2.45) is 0 Å². The summed E-state index contributed by atoms with van der Waals surface area (Å²) in [5.74, 6) is -1.66. The maximum Gasteiger partial charge on any atom is 0.413 e. The minimum atomic E-state index is -0.860. The molecular formula is C17H15BrFN5O6. The number of hydrogen-bond donors (Lipinski definition) is 2. The highest BCUT2D eigenvalue weighted by Crippen LogP contribution is 2.26. The van der Waals surface area contributed by atoms with Gasteiger partial charge in [0.05, 0.1) is 33.4 Å². The van der Waals surface area contributed by atoms with Crippen LogP contribution in [-0.4, -0.2) is 53.1 Å². The molecule has 0 saturated heterocycles. The van der Waals surface area contributed by atoms with Crippen LogP contribution < -0.4 is 15.6 Å². The molecule has 2 N–H and O–H groups in total. The second-order valence-electron chi connectivity index (χ2n) is 5.81. The quantitative estimate of drug-likeness (QED) is 0.525. The van der Waals surface area contributed by atoms with Crippen LogP contribution in [0, 0.1) is 5.82 Å². The molecule has 2 heterocycles. The number of benzene rings is 1. The molecule has 158 valence electrons. The van der Waals surface area contributed by atoms with Crippen LogP contribution in [-0.2, 0) is 16.0 Å². The first-order valence-corrected chi connectivity index (χ1v) is 9.04. The van der Waals surface area contributed by atoms with Gasteiger partial charge < -0.3 is 14.2 Å². The van der Waals surface area contributed by atoms with Crippen molar-refractivity contribution in [2.75, 3.05) is 26.6 Å². The standard InChI is InChI=1S/C17H15BrFN5O6/c1-28-10-5-9(19)8(15(26)29-2)4-7(10)6-24-12-11(13(18)23-24)20-16(21-14(12)25)22-17(27)30-3/h4-5H,6H2,1-3H3,(H2,20,21,22,25,27). The summed E-state index contributed by atoms with van der Waals surface area (Å²) >= 11 is 3.22. The topological polar surface area (TPSA) is 137 Å². The van der Waals surface area contributed by atoms with Crippen molar-refractivity contribution >= 4 is 45.0 Å². The van der Waals surface area contributed by atoms with Gasteiger partial charge in [0.1, 0.15) is 17.1 Å². The molecule has 0 fully saturated rings. The van der Waals surface area contributed by atoms with E-state index in [4.69, 9.17) is 4.74 Å². The van der Waals surface area contributed by atoms with Gasteiger partial charge in [0.25, 0.3) is 5.56 Å². The summed E-state index contributed by atoms with van der Waals surface area (Å²) in [6.45, 7) is -0.0515. The number of amides is 1. The summed E-state index contributed by atoms with van der Waals surface area (Å²) in [4.78, 5) is 42.3. The summed E-state index contributed by atoms with van der Waals surface area (Å²) in [6.07, 6.45) is -0.813. The number of aromatic amines is 1. The fourth-order valence-corrected chi connectivity index (χ4v) is 3.18. The Morgan fingerprint density at radius 1 is 1.27 bits per heavy atom. The van der Waals surface area contributed by atoms with Crippen LogP contribution in [0.15, 0.2) is 21.5 Å². The molecule has 1 aromatic carbocycles. The van der Waals surface area contributed by atoms with Crippen molar-refractivity contribution in [3.63, 3.8) is 0 Å². The lowest BCUT2D eigenvalue weighted by atomic mass is 10.1. The van der Waals surface area contributed by atoms with Crippen molar-refractivity contribution in [3.8, 4) is 5.75 Å². The van der Waals surface area contributed by atoms with Crippen LogP contribution in [0.3, 0.4) is 0 Å². The number of halogens is 2. The molecule has 2 aromatic heterocycles. The number of hydrogen-bond acceptors (Lipinski definition) is 8. The van der Waals surface area contributed by atoms with Crippen LogP contribution in [0.2, 0.25) is 0 Å². The third-order valence-corrected chi connectivity index (χ3v) is 4.59. The van der Waals surface area contributed by atoms with Crippen molar-refractivity contribution < 1.29 is 28.2 Å². The Morgan fingerprint density at radius 2 is 2.00 bits per heavy atom. The first kappa shape index (κ1) is 21.2. The fraction of sp³-hybridized carbons (Fsp3) is 0.235. The van der Waals surface area contributed by atoms with Gasteiger partial charge in [-0.1, -0.05) is 0 Å². The van der Waals surface area contributed by atoms with Gasteiger partial charge in [0, 0.05) is 11.6 Å². The molecule has 0 unspecified atom stereocenters. The number of H-pyrrole nitrogens is 1. The number of anilines is 1. The van der Waals surface area contributed by atoms with E-state index in [1.807, 2.05) is 0 Å². The molecule has 11 nitrogen and oxygen atoms in total. The Balaban J connectivity index is 2.09. The van der Waals surface area contributed by atoms with Gasteiger partial charge in [-0.05, 0) is 22.0 Å². The number of ether oxygens (including phenoxy) is 3. The average Bonchev–Trinajstić information content (AvgIpc) is 3.03. The van der Waals surface area contributed by atoms with Crippen LogP contribution in [0.4, 0.5) is 15.1 Å². The minimum Gasteiger partial charge on any atom is -0.496 e. The molecule has 0 atom stereocenters. The second kappa shape index (κ2) is 8.49. The molecule has 3 aromatic rings. The van der Waals surface area contributed by atoms with Gasteiger partial charge in [0.15, 0.2) is 10.1 Å². The molecule has 0 radical (unpaired) electrons. The van der Waals surface area contributed by atoms with Gasteiger partial charge in [-0.3, -0.25) is 19.8 Å². The maximum atomic E-state index is 14.2. The molecule has 13 heteroatoms. The van der Waals surface area contributed by atoms with E-state index in [9.17, 15) is 18.8 Å². The molecule has 0 saturated carbocycles. The zero-order valence-corrected chi connectivity index (χ0v) is 17.5. The van der Waals surface area contributed by atoms with Crippen LogP contribution >= 0.6 is 15.9 Å².